The highest BCUT2D eigenvalue weighted by molar-refractivity contribution is 7.92. The predicted octanol–water partition coefficient (Wildman–Crippen LogP) is 5.06. The lowest BCUT2D eigenvalue weighted by Crippen LogP contribution is -2.35. The summed E-state index contributed by atoms with van der Waals surface area (Å²) in [5, 5.41) is 0. The smallest absolute Gasteiger partial charge is 0.311 e. The second-order valence-corrected chi connectivity index (χ2v) is 10.7. The first kappa shape index (κ1) is 27.4. The molecule has 0 aliphatic rings. The molecule has 0 spiro atoms. The molecule has 0 fully saturated rings. The van der Waals surface area contributed by atoms with Gasteiger partial charge in [-0.3, -0.25) is 14.3 Å². The fourth-order valence-corrected chi connectivity index (χ4v) is 5.39. The molecule has 1 N–H and O–H groups in total. The standard InChI is InChI=1S/C26H35NO6S/c1-7-20(24(28)32-5)17-26(4,25(29)33-6)16-19(3)21-12-14-22(15-13-21)34(30,31)27-23-11-9-8-10-18(23)2/h8-15,19-20,27H,7,16-17H2,1-6H3. The lowest BCUT2D eigenvalue weighted by Gasteiger charge is -2.32. The van der Waals surface area contributed by atoms with Crippen molar-refractivity contribution in [2.24, 2.45) is 11.3 Å². The normalized spacial score (nSPS) is 15.0. The van der Waals surface area contributed by atoms with Crippen LogP contribution in [0.4, 0.5) is 5.69 Å². The molecule has 2 aromatic rings. The van der Waals surface area contributed by atoms with E-state index in [-0.39, 0.29) is 22.8 Å². The number of hydrogen-bond donors (Lipinski definition) is 1. The molecule has 0 amide bonds. The first-order valence-electron chi connectivity index (χ1n) is 11.3. The SMILES string of the molecule is CCC(CC(C)(CC(C)c1ccc(S(=O)(=O)Nc2ccccc2C)cc1)C(=O)OC)C(=O)OC. The highest BCUT2D eigenvalue weighted by Gasteiger charge is 2.40. The topological polar surface area (TPSA) is 98.8 Å². The van der Waals surface area contributed by atoms with Crippen molar-refractivity contribution in [2.45, 2.75) is 57.8 Å². The van der Waals surface area contributed by atoms with Crippen LogP contribution in [-0.2, 0) is 29.1 Å². The summed E-state index contributed by atoms with van der Waals surface area (Å²) < 4.78 is 38.2. The summed E-state index contributed by atoms with van der Waals surface area (Å²) >= 11 is 0. The van der Waals surface area contributed by atoms with Crippen LogP contribution < -0.4 is 4.72 Å². The number of carbonyl (C=O) groups is 2. The number of aryl methyl sites for hydroxylation is 1. The van der Waals surface area contributed by atoms with Crippen LogP contribution in [0.25, 0.3) is 0 Å². The molecule has 0 radical (unpaired) electrons. The molecule has 8 heteroatoms. The molecule has 0 saturated carbocycles. The molecule has 0 bridgehead atoms. The van der Waals surface area contributed by atoms with Crippen LogP contribution in [0.1, 0.15) is 57.1 Å². The number of rotatable bonds is 11. The van der Waals surface area contributed by atoms with Gasteiger partial charge in [0.25, 0.3) is 10.0 Å². The van der Waals surface area contributed by atoms with Crippen LogP contribution >= 0.6 is 0 Å². The number of hydrogen-bond acceptors (Lipinski definition) is 6. The monoisotopic (exact) mass is 489 g/mol. The predicted molar refractivity (Wildman–Crippen MR) is 132 cm³/mol. The number of benzene rings is 2. The van der Waals surface area contributed by atoms with Gasteiger partial charge in [-0.2, -0.15) is 0 Å². The second kappa shape index (κ2) is 11.5. The highest BCUT2D eigenvalue weighted by Crippen LogP contribution is 2.39. The van der Waals surface area contributed by atoms with Gasteiger partial charge in [0.15, 0.2) is 0 Å². The number of anilines is 1. The number of sulfonamides is 1. The van der Waals surface area contributed by atoms with Crippen LogP contribution in [0.2, 0.25) is 0 Å². The van der Waals surface area contributed by atoms with Crippen LogP contribution in [-0.4, -0.2) is 34.6 Å². The van der Waals surface area contributed by atoms with Crippen molar-refractivity contribution in [3.63, 3.8) is 0 Å². The van der Waals surface area contributed by atoms with Gasteiger partial charge < -0.3 is 9.47 Å². The van der Waals surface area contributed by atoms with E-state index in [0.29, 0.717) is 24.9 Å². The average Bonchev–Trinajstić information content (AvgIpc) is 2.82. The molecule has 186 valence electrons. The average molecular weight is 490 g/mol. The van der Waals surface area contributed by atoms with E-state index < -0.39 is 21.4 Å². The Balaban J connectivity index is 2.22. The second-order valence-electron chi connectivity index (χ2n) is 8.98. The number of methoxy groups -OCH3 is 2. The molecule has 0 saturated heterocycles. The van der Waals surface area contributed by atoms with Crippen molar-refractivity contribution >= 4 is 27.6 Å². The number of nitrogens with one attached hydrogen (secondary N) is 1. The van der Waals surface area contributed by atoms with E-state index in [4.69, 9.17) is 9.47 Å². The van der Waals surface area contributed by atoms with Crippen molar-refractivity contribution in [3.8, 4) is 0 Å². The summed E-state index contributed by atoms with van der Waals surface area (Å²) in [5.74, 6) is -1.23. The third-order valence-electron chi connectivity index (χ3n) is 6.31. The van der Waals surface area contributed by atoms with E-state index in [1.165, 1.54) is 14.2 Å². The molecule has 34 heavy (non-hydrogen) atoms. The van der Waals surface area contributed by atoms with Crippen molar-refractivity contribution in [3.05, 3.63) is 59.7 Å². The maximum atomic E-state index is 12.8. The fourth-order valence-electron chi connectivity index (χ4n) is 4.26. The molecule has 2 aromatic carbocycles. The van der Waals surface area contributed by atoms with Gasteiger partial charge in [0, 0.05) is 0 Å². The van der Waals surface area contributed by atoms with E-state index in [0.717, 1.165) is 11.1 Å². The Kier molecular flexibility index (Phi) is 9.27. The summed E-state index contributed by atoms with van der Waals surface area (Å²) in [5.41, 5.74) is 1.34. The lowest BCUT2D eigenvalue weighted by atomic mass is 9.73. The van der Waals surface area contributed by atoms with E-state index >= 15 is 0 Å². The van der Waals surface area contributed by atoms with Crippen LogP contribution in [0.5, 0.6) is 0 Å². The van der Waals surface area contributed by atoms with Crippen LogP contribution in [0.15, 0.2) is 53.4 Å². The zero-order valence-electron chi connectivity index (χ0n) is 20.8. The molecule has 7 nitrogen and oxygen atoms in total. The van der Waals surface area contributed by atoms with Crippen molar-refractivity contribution in [1.82, 2.24) is 0 Å². The van der Waals surface area contributed by atoms with Crippen LogP contribution in [0.3, 0.4) is 0 Å². The Hall–Kier alpha value is -2.87. The first-order valence-corrected chi connectivity index (χ1v) is 12.8. The Bertz CT molecular complexity index is 1100. The number of ether oxygens (including phenoxy) is 2. The summed E-state index contributed by atoms with van der Waals surface area (Å²) in [7, 11) is -1.06. The summed E-state index contributed by atoms with van der Waals surface area (Å²) in [6, 6.07) is 13.8. The minimum Gasteiger partial charge on any atom is -0.469 e. The molecule has 0 aliphatic heterocycles. The van der Waals surface area contributed by atoms with E-state index in [9.17, 15) is 18.0 Å². The van der Waals surface area contributed by atoms with Gasteiger partial charge in [-0.15, -0.1) is 0 Å². The van der Waals surface area contributed by atoms with Gasteiger partial charge in [0.2, 0.25) is 0 Å². The molecule has 0 heterocycles. The van der Waals surface area contributed by atoms with Gasteiger partial charge in [-0.1, -0.05) is 44.2 Å². The maximum absolute atomic E-state index is 12.8. The zero-order chi connectivity index (χ0) is 25.5. The van der Waals surface area contributed by atoms with E-state index in [1.807, 2.05) is 32.9 Å². The van der Waals surface area contributed by atoms with Crippen molar-refractivity contribution < 1.29 is 27.5 Å². The largest absolute Gasteiger partial charge is 0.469 e. The Morgan fingerprint density at radius 3 is 2.15 bits per heavy atom. The van der Waals surface area contributed by atoms with E-state index in [2.05, 4.69) is 4.72 Å². The zero-order valence-corrected chi connectivity index (χ0v) is 21.6. The molecular weight excluding hydrogens is 454 g/mol. The lowest BCUT2D eigenvalue weighted by molar-refractivity contribution is -0.156. The van der Waals surface area contributed by atoms with Crippen molar-refractivity contribution in [1.29, 1.82) is 0 Å². The number of carbonyl (C=O) groups excluding carboxylic acids is 2. The molecule has 3 unspecified atom stereocenters. The quantitative estimate of drug-likeness (QED) is 0.443. The first-order chi connectivity index (χ1) is 16.0. The van der Waals surface area contributed by atoms with Gasteiger partial charge in [0.05, 0.1) is 36.1 Å². The highest BCUT2D eigenvalue weighted by atomic mass is 32.2. The molecular formula is C26H35NO6S. The summed E-state index contributed by atoms with van der Waals surface area (Å²) in [6.45, 7) is 7.48. The summed E-state index contributed by atoms with van der Waals surface area (Å²) in [4.78, 5) is 25.0. The molecule has 0 aromatic heterocycles. The van der Waals surface area contributed by atoms with Crippen molar-refractivity contribution in [2.75, 3.05) is 18.9 Å². The van der Waals surface area contributed by atoms with Gasteiger partial charge in [-0.05, 0) is 68.4 Å². The maximum Gasteiger partial charge on any atom is 0.311 e. The van der Waals surface area contributed by atoms with Crippen LogP contribution in [0, 0.1) is 18.3 Å². The Morgan fingerprint density at radius 1 is 1.00 bits per heavy atom. The van der Waals surface area contributed by atoms with Gasteiger partial charge >= 0.3 is 11.9 Å². The molecule has 3 atom stereocenters. The fraction of sp³-hybridized carbons (Fsp3) is 0.462. The minimum atomic E-state index is -3.74. The third-order valence-corrected chi connectivity index (χ3v) is 7.69. The summed E-state index contributed by atoms with van der Waals surface area (Å²) in [6.07, 6.45) is 1.29. The minimum absolute atomic E-state index is 0.0830. The molecule has 2 rings (SSSR count). The molecule has 0 aliphatic carbocycles. The Labute approximate surface area is 202 Å². The number of para-hydroxylation sites is 1. The van der Waals surface area contributed by atoms with E-state index in [1.54, 1.807) is 43.3 Å². The number of esters is 2. The Morgan fingerprint density at radius 2 is 1.62 bits per heavy atom. The van der Waals surface area contributed by atoms with Gasteiger partial charge in [-0.25, -0.2) is 8.42 Å². The van der Waals surface area contributed by atoms with Gasteiger partial charge in [0.1, 0.15) is 0 Å². The third kappa shape index (κ3) is 6.59.